The lowest BCUT2D eigenvalue weighted by Gasteiger charge is -2.39. The lowest BCUT2D eigenvalue weighted by molar-refractivity contribution is -0.202. The van der Waals surface area contributed by atoms with Crippen LogP contribution in [0.3, 0.4) is 0 Å². The minimum absolute atomic E-state index is 0.0499. The lowest BCUT2D eigenvalue weighted by Crippen LogP contribution is -2.50. The Morgan fingerprint density at radius 1 is 1.03 bits per heavy atom. The van der Waals surface area contributed by atoms with Gasteiger partial charge >= 0.3 is 11.9 Å². The smallest absolute Gasteiger partial charge is 0.404 e. The van der Waals surface area contributed by atoms with Crippen molar-refractivity contribution in [1.29, 1.82) is 0 Å². The molecule has 0 N–H and O–H groups in total. The fourth-order valence-electron chi connectivity index (χ4n) is 3.53. The third kappa shape index (κ3) is 6.48. The molecule has 0 aliphatic heterocycles. The molecule has 1 aromatic carbocycles. The summed E-state index contributed by atoms with van der Waals surface area (Å²) in [5, 5.41) is 8.67. The maximum absolute atomic E-state index is 14.3. The maximum Gasteiger partial charge on any atom is 0.415 e. The SMILES string of the molecule is CC(C)(C)[Si](C)(C)OC(Cn1c(-c2ccc(Cl)cc2)nn(Cc2ncn(-c3ccccn3)n2)c1=O)C(F)(F)F. The molecule has 208 valence electrons. The molecule has 0 aliphatic carbocycles. The van der Waals surface area contributed by atoms with E-state index in [1.807, 2.05) is 20.8 Å². The van der Waals surface area contributed by atoms with Crippen molar-refractivity contribution in [2.24, 2.45) is 0 Å². The number of hydrogen-bond donors (Lipinski definition) is 0. The van der Waals surface area contributed by atoms with Gasteiger partial charge in [-0.1, -0.05) is 38.4 Å². The highest BCUT2D eigenvalue weighted by molar-refractivity contribution is 6.74. The molecule has 14 heteroatoms. The van der Waals surface area contributed by atoms with E-state index in [0.717, 1.165) is 9.25 Å². The van der Waals surface area contributed by atoms with Crippen LogP contribution < -0.4 is 5.69 Å². The molecule has 0 saturated heterocycles. The Balaban J connectivity index is 1.73. The van der Waals surface area contributed by atoms with Gasteiger partial charge in [0.1, 0.15) is 12.9 Å². The van der Waals surface area contributed by atoms with Gasteiger partial charge in [0, 0.05) is 16.8 Å². The molecule has 0 bridgehead atoms. The number of alkyl halides is 3. The quantitative estimate of drug-likeness (QED) is 0.262. The van der Waals surface area contributed by atoms with E-state index in [9.17, 15) is 18.0 Å². The van der Waals surface area contributed by atoms with Gasteiger partial charge in [0.15, 0.2) is 31.9 Å². The third-order valence-corrected chi connectivity index (χ3v) is 11.4. The Kier molecular flexibility index (Phi) is 7.88. The van der Waals surface area contributed by atoms with E-state index in [2.05, 4.69) is 20.2 Å². The first-order valence-electron chi connectivity index (χ1n) is 12.2. The molecule has 0 saturated carbocycles. The normalized spacial score (nSPS) is 13.6. The summed E-state index contributed by atoms with van der Waals surface area (Å²) in [7, 11) is -2.85. The third-order valence-electron chi connectivity index (χ3n) is 6.70. The van der Waals surface area contributed by atoms with Crippen molar-refractivity contribution in [3.8, 4) is 17.2 Å². The predicted molar refractivity (Wildman–Crippen MR) is 143 cm³/mol. The standard InChI is InChI=1S/C25H29ClF3N7O2Si/c1-24(2,3)39(4,5)38-19(25(27,28)29)14-34-22(17-9-11-18(26)12-10-17)33-35(23(34)37)15-20-31-16-36(32-20)21-8-6-7-13-30-21/h6-13,16,19H,14-15H2,1-5H3. The highest BCUT2D eigenvalue weighted by Gasteiger charge is 2.48. The molecular weight excluding hydrogens is 551 g/mol. The summed E-state index contributed by atoms with van der Waals surface area (Å²) in [4.78, 5) is 21.9. The van der Waals surface area contributed by atoms with Gasteiger partial charge in [-0.15, -0.1) is 10.2 Å². The Hall–Kier alpha value is -3.29. The molecule has 4 aromatic rings. The van der Waals surface area contributed by atoms with Crippen molar-refractivity contribution >= 4 is 19.9 Å². The zero-order valence-corrected chi connectivity index (χ0v) is 23.9. The Morgan fingerprint density at radius 2 is 1.72 bits per heavy atom. The minimum atomic E-state index is -4.71. The molecule has 0 radical (unpaired) electrons. The van der Waals surface area contributed by atoms with Crippen molar-refractivity contribution in [1.82, 2.24) is 34.1 Å². The predicted octanol–water partition coefficient (Wildman–Crippen LogP) is 5.34. The highest BCUT2D eigenvalue weighted by atomic mass is 35.5. The van der Waals surface area contributed by atoms with Gasteiger partial charge in [-0.05, 0) is 54.5 Å². The van der Waals surface area contributed by atoms with E-state index in [-0.39, 0.29) is 18.2 Å². The second-order valence-electron chi connectivity index (χ2n) is 10.6. The van der Waals surface area contributed by atoms with Crippen LogP contribution in [0.15, 0.2) is 59.8 Å². The van der Waals surface area contributed by atoms with E-state index in [1.54, 1.807) is 61.8 Å². The number of pyridine rings is 1. The molecule has 0 fully saturated rings. The van der Waals surface area contributed by atoms with Gasteiger partial charge in [-0.3, -0.25) is 4.57 Å². The van der Waals surface area contributed by atoms with Gasteiger partial charge < -0.3 is 4.43 Å². The number of benzene rings is 1. The van der Waals surface area contributed by atoms with Crippen LogP contribution >= 0.6 is 11.6 Å². The molecule has 4 rings (SSSR count). The molecule has 0 aliphatic rings. The van der Waals surface area contributed by atoms with Crippen LogP contribution in [-0.4, -0.2) is 54.7 Å². The van der Waals surface area contributed by atoms with Gasteiger partial charge in [-0.25, -0.2) is 24.1 Å². The summed E-state index contributed by atoms with van der Waals surface area (Å²) in [5.74, 6) is 0.806. The number of hydrogen-bond acceptors (Lipinski definition) is 6. The Bertz CT molecular complexity index is 1480. The largest absolute Gasteiger partial charge is 0.415 e. The number of rotatable bonds is 8. The van der Waals surface area contributed by atoms with E-state index >= 15 is 0 Å². The Morgan fingerprint density at radius 3 is 2.31 bits per heavy atom. The summed E-state index contributed by atoms with van der Waals surface area (Å²) >= 11 is 6.01. The van der Waals surface area contributed by atoms with Gasteiger partial charge in [-0.2, -0.15) is 13.2 Å². The van der Waals surface area contributed by atoms with Crippen molar-refractivity contribution in [3.63, 3.8) is 0 Å². The van der Waals surface area contributed by atoms with Crippen LogP contribution in [0.25, 0.3) is 17.2 Å². The molecule has 0 spiro atoms. The highest BCUT2D eigenvalue weighted by Crippen LogP contribution is 2.40. The summed E-state index contributed by atoms with van der Waals surface area (Å²) in [6.07, 6.45) is -3.88. The molecule has 1 atom stereocenters. The molecule has 0 amide bonds. The van der Waals surface area contributed by atoms with Gasteiger partial charge in [0.2, 0.25) is 0 Å². The summed E-state index contributed by atoms with van der Waals surface area (Å²) in [6, 6.07) is 11.6. The van der Waals surface area contributed by atoms with Crippen molar-refractivity contribution in [2.75, 3.05) is 0 Å². The number of aromatic nitrogens is 7. The fourth-order valence-corrected chi connectivity index (χ4v) is 4.93. The fraction of sp³-hybridized carbons (Fsp3) is 0.400. The van der Waals surface area contributed by atoms with E-state index in [1.165, 1.54) is 11.0 Å². The van der Waals surface area contributed by atoms with E-state index in [0.29, 0.717) is 16.4 Å². The van der Waals surface area contributed by atoms with Crippen molar-refractivity contribution < 1.29 is 17.6 Å². The van der Waals surface area contributed by atoms with E-state index in [4.69, 9.17) is 16.0 Å². The summed E-state index contributed by atoms with van der Waals surface area (Å²) in [6.45, 7) is 8.12. The minimum Gasteiger partial charge on any atom is -0.404 e. The average Bonchev–Trinajstić information content (AvgIpc) is 3.44. The second-order valence-corrected chi connectivity index (χ2v) is 15.8. The van der Waals surface area contributed by atoms with Crippen LogP contribution in [0.5, 0.6) is 0 Å². The first-order chi connectivity index (χ1) is 18.2. The monoisotopic (exact) mass is 579 g/mol. The molecule has 9 nitrogen and oxygen atoms in total. The average molecular weight is 580 g/mol. The molecule has 3 heterocycles. The topological polar surface area (TPSA) is 92.7 Å². The number of halogens is 4. The van der Waals surface area contributed by atoms with Crippen molar-refractivity contribution in [2.45, 2.75) is 64.3 Å². The van der Waals surface area contributed by atoms with Crippen LogP contribution in [-0.2, 0) is 17.5 Å². The summed E-state index contributed by atoms with van der Waals surface area (Å²) < 4.78 is 52.1. The summed E-state index contributed by atoms with van der Waals surface area (Å²) in [5.41, 5.74) is -0.322. The second kappa shape index (κ2) is 10.7. The zero-order valence-electron chi connectivity index (χ0n) is 22.1. The van der Waals surface area contributed by atoms with Gasteiger partial charge in [0.25, 0.3) is 0 Å². The lowest BCUT2D eigenvalue weighted by atomic mass is 10.2. The van der Waals surface area contributed by atoms with Crippen LogP contribution in [0.2, 0.25) is 23.2 Å². The van der Waals surface area contributed by atoms with Crippen LogP contribution in [0.4, 0.5) is 13.2 Å². The zero-order chi connectivity index (χ0) is 28.6. The van der Waals surface area contributed by atoms with E-state index < -0.39 is 37.9 Å². The van der Waals surface area contributed by atoms with Gasteiger partial charge in [0.05, 0.1) is 6.54 Å². The van der Waals surface area contributed by atoms with Crippen LogP contribution in [0.1, 0.15) is 26.6 Å². The molecule has 3 aromatic heterocycles. The maximum atomic E-state index is 14.3. The number of nitrogens with zero attached hydrogens (tertiary/aromatic N) is 7. The molecule has 1 unspecified atom stereocenters. The van der Waals surface area contributed by atoms with Crippen molar-refractivity contribution in [3.05, 3.63) is 76.3 Å². The Labute approximate surface area is 229 Å². The first kappa shape index (κ1) is 28.7. The molecule has 39 heavy (non-hydrogen) atoms. The molecular formula is C25H29ClF3N7O2Si. The van der Waals surface area contributed by atoms with Crippen LogP contribution in [0, 0.1) is 0 Å². The first-order valence-corrected chi connectivity index (χ1v) is 15.4.